The smallest absolute Gasteiger partial charge is 0.256 e. The van der Waals surface area contributed by atoms with Gasteiger partial charge in [0.05, 0.1) is 42.8 Å². The van der Waals surface area contributed by atoms with Crippen molar-refractivity contribution >= 4 is 23.1 Å². The molecule has 4 heterocycles. The number of nitrogens with zero attached hydrogens (tertiary/aromatic N) is 2. The number of nitrogens with one attached hydrogen (secondary N) is 1. The summed E-state index contributed by atoms with van der Waals surface area (Å²) in [4.78, 5) is 20.2. The van der Waals surface area contributed by atoms with E-state index >= 15 is 0 Å². The molecule has 4 atom stereocenters. The molecule has 7 nitrogen and oxygen atoms in total. The van der Waals surface area contributed by atoms with Crippen LogP contribution in [0.15, 0.2) is 36.5 Å². The van der Waals surface area contributed by atoms with Gasteiger partial charge in [0.25, 0.3) is 5.91 Å². The Hall–Kier alpha value is -2.48. The van der Waals surface area contributed by atoms with Crippen molar-refractivity contribution in [2.24, 2.45) is 0 Å². The molecule has 0 aliphatic carbocycles. The summed E-state index contributed by atoms with van der Waals surface area (Å²) in [6.45, 7) is 7.84. The number of hydrogen-bond acceptors (Lipinski definition) is 6. The Morgan fingerprint density at radius 1 is 1.21 bits per heavy atom. The highest BCUT2D eigenvalue weighted by molar-refractivity contribution is 6.01. The first-order chi connectivity index (χ1) is 16.0. The molecule has 3 aliphatic heterocycles. The van der Waals surface area contributed by atoms with E-state index in [4.69, 9.17) is 14.2 Å². The summed E-state index contributed by atoms with van der Waals surface area (Å²) in [5, 5.41) is 3.45. The second-order valence-corrected chi connectivity index (χ2v) is 9.51. The van der Waals surface area contributed by atoms with Gasteiger partial charge in [0, 0.05) is 24.3 Å². The summed E-state index contributed by atoms with van der Waals surface area (Å²) in [5.74, 6) is 1.11. The summed E-state index contributed by atoms with van der Waals surface area (Å²) < 4.78 is 17.7. The van der Waals surface area contributed by atoms with E-state index in [0.717, 1.165) is 42.2 Å². The molecule has 176 valence electrons. The van der Waals surface area contributed by atoms with Gasteiger partial charge in [-0.2, -0.15) is 0 Å². The first kappa shape index (κ1) is 22.3. The lowest BCUT2D eigenvalue weighted by Crippen LogP contribution is -2.44. The van der Waals surface area contributed by atoms with E-state index in [-0.39, 0.29) is 24.2 Å². The van der Waals surface area contributed by atoms with Gasteiger partial charge in [0.1, 0.15) is 11.9 Å². The number of hydrogen-bond donors (Lipinski definition) is 1. The summed E-state index contributed by atoms with van der Waals surface area (Å²) in [7, 11) is 0. The van der Waals surface area contributed by atoms with E-state index in [1.807, 2.05) is 30.9 Å². The van der Waals surface area contributed by atoms with E-state index in [1.54, 1.807) is 6.20 Å². The van der Waals surface area contributed by atoms with Gasteiger partial charge in [-0.15, -0.1) is 0 Å². The molecule has 7 heteroatoms. The molecule has 33 heavy (non-hydrogen) atoms. The molecule has 2 saturated heterocycles. The predicted molar refractivity (Wildman–Crippen MR) is 127 cm³/mol. The Bertz CT molecular complexity index is 1000. The third kappa shape index (κ3) is 4.63. The average Bonchev–Trinajstić information content (AvgIpc) is 3.16. The quantitative estimate of drug-likeness (QED) is 0.736. The van der Waals surface area contributed by atoms with Crippen molar-refractivity contribution in [2.75, 3.05) is 23.4 Å². The van der Waals surface area contributed by atoms with Gasteiger partial charge < -0.3 is 24.4 Å². The zero-order chi connectivity index (χ0) is 22.9. The number of pyridine rings is 1. The SMILES string of the molecule is CC(C)O[C@H]1CC[C@H](C(=O)N2Cc3cccnc3Nc3ccc([C@@H]4CCO[C@H]4C)cc32)OC1. The third-order valence-corrected chi connectivity index (χ3v) is 6.83. The number of ether oxygens (including phenoxy) is 3. The Balaban J connectivity index is 1.45. The molecule has 1 aromatic carbocycles. The highest BCUT2D eigenvalue weighted by Gasteiger charge is 2.35. The van der Waals surface area contributed by atoms with E-state index in [9.17, 15) is 4.79 Å². The number of carbonyl (C=O) groups excluding carboxylic acids is 1. The molecule has 1 amide bonds. The van der Waals surface area contributed by atoms with Gasteiger partial charge in [-0.25, -0.2) is 4.98 Å². The number of rotatable bonds is 4. The van der Waals surface area contributed by atoms with Crippen LogP contribution in [-0.2, 0) is 25.5 Å². The van der Waals surface area contributed by atoms with Crippen LogP contribution in [0.1, 0.15) is 57.1 Å². The summed E-state index contributed by atoms with van der Waals surface area (Å²) >= 11 is 0. The van der Waals surface area contributed by atoms with Gasteiger partial charge in [0.15, 0.2) is 0 Å². The molecule has 0 radical (unpaired) electrons. The van der Waals surface area contributed by atoms with Gasteiger partial charge in [-0.3, -0.25) is 4.79 Å². The van der Waals surface area contributed by atoms with Crippen LogP contribution in [0.3, 0.4) is 0 Å². The van der Waals surface area contributed by atoms with Crippen molar-refractivity contribution < 1.29 is 19.0 Å². The molecular formula is C26H33N3O4. The molecule has 2 fully saturated rings. The predicted octanol–water partition coefficient (Wildman–Crippen LogP) is 4.54. The maximum Gasteiger partial charge on any atom is 0.256 e. The van der Waals surface area contributed by atoms with Crippen LogP contribution in [0.4, 0.5) is 17.2 Å². The second kappa shape index (κ2) is 9.41. The van der Waals surface area contributed by atoms with Gasteiger partial charge in [-0.05, 0) is 63.8 Å². The fourth-order valence-electron chi connectivity index (χ4n) is 5.12. The molecule has 1 aromatic heterocycles. The lowest BCUT2D eigenvalue weighted by molar-refractivity contribution is -0.143. The molecule has 3 aliphatic rings. The molecular weight excluding hydrogens is 418 g/mol. The average molecular weight is 452 g/mol. The van der Waals surface area contributed by atoms with Crippen LogP contribution in [0, 0.1) is 0 Å². The van der Waals surface area contributed by atoms with Crippen molar-refractivity contribution in [3.05, 3.63) is 47.7 Å². The monoisotopic (exact) mass is 451 g/mol. The largest absolute Gasteiger partial charge is 0.378 e. The minimum absolute atomic E-state index is 0.00868. The molecule has 0 spiro atoms. The van der Waals surface area contributed by atoms with Crippen LogP contribution >= 0.6 is 0 Å². The number of carbonyl (C=O) groups is 1. The van der Waals surface area contributed by atoms with Crippen LogP contribution in [0.25, 0.3) is 0 Å². The van der Waals surface area contributed by atoms with E-state index in [1.165, 1.54) is 5.56 Å². The number of anilines is 3. The van der Waals surface area contributed by atoms with Gasteiger partial charge in [-0.1, -0.05) is 12.1 Å². The molecule has 5 rings (SSSR count). The Morgan fingerprint density at radius 3 is 2.82 bits per heavy atom. The third-order valence-electron chi connectivity index (χ3n) is 6.83. The minimum Gasteiger partial charge on any atom is -0.378 e. The van der Waals surface area contributed by atoms with Crippen molar-refractivity contribution in [1.82, 2.24) is 4.98 Å². The molecule has 0 unspecified atom stereocenters. The van der Waals surface area contributed by atoms with Crippen molar-refractivity contribution in [1.29, 1.82) is 0 Å². The number of fused-ring (bicyclic) bond motifs is 2. The van der Waals surface area contributed by atoms with E-state index in [2.05, 4.69) is 35.4 Å². The summed E-state index contributed by atoms with van der Waals surface area (Å²) in [6, 6.07) is 10.3. The maximum atomic E-state index is 13.8. The van der Waals surface area contributed by atoms with E-state index < -0.39 is 6.10 Å². The number of benzene rings is 1. The van der Waals surface area contributed by atoms with Crippen LogP contribution in [0.2, 0.25) is 0 Å². The molecule has 2 aromatic rings. The number of aromatic nitrogens is 1. The topological polar surface area (TPSA) is 72.9 Å². The molecule has 0 saturated carbocycles. The van der Waals surface area contributed by atoms with E-state index in [0.29, 0.717) is 25.5 Å². The normalized spacial score (nSPS) is 27.0. The second-order valence-electron chi connectivity index (χ2n) is 9.51. The molecule has 0 bridgehead atoms. The highest BCUT2D eigenvalue weighted by atomic mass is 16.5. The van der Waals surface area contributed by atoms with Gasteiger partial charge in [0.2, 0.25) is 0 Å². The molecule has 1 N–H and O–H groups in total. The van der Waals surface area contributed by atoms with Crippen molar-refractivity contribution in [3.63, 3.8) is 0 Å². The van der Waals surface area contributed by atoms with Crippen LogP contribution in [0.5, 0.6) is 0 Å². The highest BCUT2D eigenvalue weighted by Crippen LogP contribution is 2.40. The Morgan fingerprint density at radius 2 is 2.09 bits per heavy atom. The number of amides is 1. The summed E-state index contributed by atoms with van der Waals surface area (Å²) in [6.07, 6.45) is 4.14. The van der Waals surface area contributed by atoms with Crippen molar-refractivity contribution in [3.8, 4) is 0 Å². The minimum atomic E-state index is -0.472. The maximum absolute atomic E-state index is 13.8. The Labute approximate surface area is 195 Å². The fraction of sp³-hybridized carbons (Fsp3) is 0.538. The first-order valence-corrected chi connectivity index (χ1v) is 12.0. The zero-order valence-corrected chi connectivity index (χ0v) is 19.6. The van der Waals surface area contributed by atoms with Gasteiger partial charge >= 0.3 is 0 Å². The lowest BCUT2D eigenvalue weighted by atomic mass is 9.92. The van der Waals surface area contributed by atoms with Crippen molar-refractivity contribution in [2.45, 2.75) is 76.9 Å². The fourth-order valence-corrected chi connectivity index (χ4v) is 5.12. The zero-order valence-electron chi connectivity index (χ0n) is 19.6. The lowest BCUT2D eigenvalue weighted by Gasteiger charge is -2.33. The Kier molecular flexibility index (Phi) is 6.36. The first-order valence-electron chi connectivity index (χ1n) is 12.0. The summed E-state index contributed by atoms with van der Waals surface area (Å²) in [5.41, 5.74) is 3.94. The standard InChI is InChI=1S/C26H33N3O4/c1-16(2)33-20-7-9-24(32-15-20)26(30)29-14-19-5-4-11-27-25(19)28-22-8-6-18(13-23(22)29)21-10-12-31-17(21)3/h4-6,8,11,13,16-17,20-21,24H,7,9-10,12,14-15H2,1-3H3,(H,27,28)/t17-,20-,21+,24+/m0/s1. The van der Waals surface area contributed by atoms with Crippen LogP contribution < -0.4 is 10.2 Å². The van der Waals surface area contributed by atoms with Crippen LogP contribution in [-0.4, -0.2) is 48.5 Å².